The zero-order valence-electron chi connectivity index (χ0n) is 9.87. The maximum atomic E-state index is 11.7. The first-order chi connectivity index (χ1) is 8.75. The van der Waals surface area contributed by atoms with Crippen molar-refractivity contribution in [1.29, 1.82) is 0 Å². The maximum Gasteiger partial charge on any atom is 0.338 e. The fourth-order valence-corrected chi connectivity index (χ4v) is 1.51. The SMILES string of the molecule is Nc1ccc(C(=O)OCCc2cccnc2)cc1. The van der Waals surface area contributed by atoms with Crippen LogP contribution < -0.4 is 5.73 Å². The Kier molecular flexibility index (Phi) is 3.91. The third-order valence-corrected chi connectivity index (χ3v) is 2.49. The lowest BCUT2D eigenvalue weighted by molar-refractivity contribution is 0.0509. The van der Waals surface area contributed by atoms with E-state index in [1.165, 1.54) is 0 Å². The third-order valence-electron chi connectivity index (χ3n) is 2.49. The van der Waals surface area contributed by atoms with Gasteiger partial charge in [0.15, 0.2) is 0 Å². The van der Waals surface area contributed by atoms with Crippen molar-refractivity contribution >= 4 is 11.7 Å². The summed E-state index contributed by atoms with van der Waals surface area (Å²) in [6.07, 6.45) is 4.13. The van der Waals surface area contributed by atoms with Gasteiger partial charge in [0.05, 0.1) is 12.2 Å². The summed E-state index contributed by atoms with van der Waals surface area (Å²) in [6.45, 7) is 0.342. The predicted octanol–water partition coefficient (Wildman–Crippen LogP) is 2.06. The number of nitrogens with two attached hydrogens (primary N) is 1. The number of pyridine rings is 1. The average Bonchev–Trinajstić information content (AvgIpc) is 2.40. The van der Waals surface area contributed by atoms with Gasteiger partial charge < -0.3 is 10.5 Å². The fourth-order valence-electron chi connectivity index (χ4n) is 1.51. The molecule has 2 rings (SSSR count). The Morgan fingerprint density at radius 2 is 2.00 bits per heavy atom. The largest absolute Gasteiger partial charge is 0.462 e. The van der Waals surface area contributed by atoms with E-state index in [1.54, 1.807) is 36.7 Å². The Bertz CT molecular complexity index is 509. The molecule has 18 heavy (non-hydrogen) atoms. The van der Waals surface area contributed by atoms with E-state index in [4.69, 9.17) is 10.5 Å². The van der Waals surface area contributed by atoms with Gasteiger partial charge in [-0.1, -0.05) is 6.07 Å². The lowest BCUT2D eigenvalue weighted by Gasteiger charge is -2.05. The highest BCUT2D eigenvalue weighted by Crippen LogP contribution is 2.07. The molecular formula is C14H14N2O2. The second-order valence-electron chi connectivity index (χ2n) is 3.87. The first kappa shape index (κ1) is 12.1. The summed E-state index contributed by atoms with van der Waals surface area (Å²) in [7, 11) is 0. The topological polar surface area (TPSA) is 65.2 Å². The molecular weight excluding hydrogens is 228 g/mol. The van der Waals surface area contributed by atoms with Crippen LogP contribution in [-0.4, -0.2) is 17.6 Å². The summed E-state index contributed by atoms with van der Waals surface area (Å²) in [6, 6.07) is 10.5. The molecule has 0 fully saturated rings. The smallest absolute Gasteiger partial charge is 0.338 e. The van der Waals surface area contributed by atoms with Crippen LogP contribution in [0.25, 0.3) is 0 Å². The van der Waals surface area contributed by atoms with E-state index in [0.29, 0.717) is 24.3 Å². The number of aromatic nitrogens is 1. The molecule has 0 atom stereocenters. The Labute approximate surface area is 105 Å². The van der Waals surface area contributed by atoms with E-state index in [9.17, 15) is 4.79 Å². The normalized spacial score (nSPS) is 10.0. The van der Waals surface area contributed by atoms with Gasteiger partial charge in [-0.05, 0) is 35.9 Å². The number of nitrogen functional groups attached to an aromatic ring is 1. The Morgan fingerprint density at radius 3 is 2.67 bits per heavy atom. The summed E-state index contributed by atoms with van der Waals surface area (Å²) in [5.74, 6) is -0.334. The average molecular weight is 242 g/mol. The standard InChI is InChI=1S/C14H14N2O2/c15-13-5-3-12(4-6-13)14(17)18-9-7-11-2-1-8-16-10-11/h1-6,8,10H,7,9,15H2. The second-order valence-corrected chi connectivity index (χ2v) is 3.87. The molecule has 1 aromatic heterocycles. The number of hydrogen-bond donors (Lipinski definition) is 1. The molecule has 0 spiro atoms. The van der Waals surface area contributed by atoms with Gasteiger partial charge in [0.2, 0.25) is 0 Å². The van der Waals surface area contributed by atoms with Crippen LogP contribution >= 0.6 is 0 Å². The molecule has 0 amide bonds. The Hall–Kier alpha value is -2.36. The highest BCUT2D eigenvalue weighted by molar-refractivity contribution is 5.89. The molecule has 0 radical (unpaired) electrons. The molecule has 1 heterocycles. The van der Waals surface area contributed by atoms with Gasteiger partial charge in [-0.25, -0.2) is 4.79 Å². The van der Waals surface area contributed by atoms with E-state index >= 15 is 0 Å². The van der Waals surface area contributed by atoms with Crippen LogP contribution in [0.15, 0.2) is 48.8 Å². The number of esters is 1. The quantitative estimate of drug-likeness (QED) is 0.658. The summed E-state index contributed by atoms with van der Waals surface area (Å²) in [5.41, 5.74) is 7.72. The molecule has 4 heteroatoms. The van der Waals surface area contributed by atoms with Crippen LogP contribution in [-0.2, 0) is 11.2 Å². The number of nitrogens with zero attached hydrogens (tertiary/aromatic N) is 1. The number of ether oxygens (including phenoxy) is 1. The van der Waals surface area contributed by atoms with Crippen LogP contribution in [0, 0.1) is 0 Å². The molecule has 0 aliphatic heterocycles. The maximum absolute atomic E-state index is 11.7. The molecule has 2 aromatic rings. The van der Waals surface area contributed by atoms with Gasteiger partial charge in [-0.3, -0.25) is 4.98 Å². The number of rotatable bonds is 4. The summed E-state index contributed by atoms with van der Waals surface area (Å²) >= 11 is 0. The van der Waals surface area contributed by atoms with Crippen molar-refractivity contribution in [2.24, 2.45) is 0 Å². The van der Waals surface area contributed by atoms with Crippen molar-refractivity contribution in [2.75, 3.05) is 12.3 Å². The molecule has 2 N–H and O–H groups in total. The van der Waals surface area contributed by atoms with Gasteiger partial charge in [-0.2, -0.15) is 0 Å². The van der Waals surface area contributed by atoms with Crippen molar-refractivity contribution in [1.82, 2.24) is 4.98 Å². The summed E-state index contributed by atoms with van der Waals surface area (Å²) in [5, 5.41) is 0. The van der Waals surface area contributed by atoms with Crippen molar-refractivity contribution < 1.29 is 9.53 Å². The molecule has 4 nitrogen and oxygen atoms in total. The molecule has 0 bridgehead atoms. The van der Waals surface area contributed by atoms with Crippen molar-refractivity contribution in [3.05, 3.63) is 59.9 Å². The van der Waals surface area contributed by atoms with Crippen LogP contribution in [0.5, 0.6) is 0 Å². The van der Waals surface area contributed by atoms with E-state index in [1.807, 2.05) is 12.1 Å². The minimum absolute atomic E-state index is 0.334. The number of hydrogen-bond acceptors (Lipinski definition) is 4. The van der Waals surface area contributed by atoms with E-state index in [0.717, 1.165) is 5.56 Å². The molecule has 0 unspecified atom stereocenters. The van der Waals surface area contributed by atoms with Gasteiger partial charge in [0.25, 0.3) is 0 Å². The van der Waals surface area contributed by atoms with E-state index in [-0.39, 0.29) is 5.97 Å². The number of carbonyl (C=O) groups excluding carboxylic acids is 1. The lowest BCUT2D eigenvalue weighted by Crippen LogP contribution is -2.08. The second kappa shape index (κ2) is 5.82. The van der Waals surface area contributed by atoms with E-state index in [2.05, 4.69) is 4.98 Å². The van der Waals surface area contributed by atoms with Crippen LogP contribution in [0.3, 0.4) is 0 Å². The summed E-state index contributed by atoms with van der Waals surface area (Å²) in [4.78, 5) is 15.7. The molecule has 1 aromatic carbocycles. The summed E-state index contributed by atoms with van der Waals surface area (Å²) < 4.78 is 5.16. The van der Waals surface area contributed by atoms with Crippen molar-refractivity contribution in [3.63, 3.8) is 0 Å². The van der Waals surface area contributed by atoms with E-state index < -0.39 is 0 Å². The highest BCUT2D eigenvalue weighted by atomic mass is 16.5. The van der Waals surface area contributed by atoms with Crippen molar-refractivity contribution in [2.45, 2.75) is 6.42 Å². The van der Waals surface area contributed by atoms with Gasteiger partial charge in [-0.15, -0.1) is 0 Å². The van der Waals surface area contributed by atoms with Crippen LogP contribution in [0.1, 0.15) is 15.9 Å². The van der Waals surface area contributed by atoms with Crippen molar-refractivity contribution in [3.8, 4) is 0 Å². The highest BCUT2D eigenvalue weighted by Gasteiger charge is 2.06. The minimum atomic E-state index is -0.334. The molecule has 0 aliphatic carbocycles. The zero-order valence-corrected chi connectivity index (χ0v) is 9.87. The monoisotopic (exact) mass is 242 g/mol. The zero-order chi connectivity index (χ0) is 12.8. The Morgan fingerprint density at radius 1 is 1.22 bits per heavy atom. The first-order valence-electron chi connectivity index (χ1n) is 5.67. The van der Waals surface area contributed by atoms with Crippen LogP contribution in [0.2, 0.25) is 0 Å². The molecule has 0 saturated heterocycles. The van der Waals surface area contributed by atoms with Gasteiger partial charge in [0, 0.05) is 24.5 Å². The molecule has 0 aliphatic rings. The number of carbonyl (C=O) groups is 1. The van der Waals surface area contributed by atoms with Gasteiger partial charge >= 0.3 is 5.97 Å². The number of anilines is 1. The molecule has 0 saturated carbocycles. The fraction of sp³-hybridized carbons (Fsp3) is 0.143. The number of benzene rings is 1. The van der Waals surface area contributed by atoms with Crippen LogP contribution in [0.4, 0.5) is 5.69 Å². The minimum Gasteiger partial charge on any atom is -0.462 e. The first-order valence-corrected chi connectivity index (χ1v) is 5.67. The van der Waals surface area contributed by atoms with Gasteiger partial charge in [0.1, 0.15) is 0 Å². The third kappa shape index (κ3) is 3.31. The lowest BCUT2D eigenvalue weighted by atomic mass is 10.2. The predicted molar refractivity (Wildman–Crippen MR) is 69.1 cm³/mol. The molecule has 92 valence electrons. The Balaban J connectivity index is 1.84.